The molecule has 18 heavy (non-hydrogen) atoms. The molecule has 0 aliphatic carbocycles. The summed E-state index contributed by atoms with van der Waals surface area (Å²) in [6.07, 6.45) is 0.985. The average Bonchev–Trinajstić information content (AvgIpc) is 2.37. The van der Waals surface area contributed by atoms with Gasteiger partial charge >= 0.3 is 0 Å². The third-order valence-electron chi connectivity index (χ3n) is 2.72. The monoisotopic (exact) mass is 269 g/mol. The molecule has 4 heteroatoms. The lowest BCUT2D eigenvalue weighted by Gasteiger charge is -2.18. The smallest absolute Gasteiger partial charge is 0.240 e. The number of likely N-dealkylation sites (N-methyl/N-ethyl adjacent to an activating group) is 1. The van der Waals surface area contributed by atoms with Crippen LogP contribution in [0.3, 0.4) is 0 Å². The van der Waals surface area contributed by atoms with Crippen LogP contribution in [0.25, 0.3) is 0 Å². The number of ether oxygens (including phenoxy) is 1. The molecule has 0 bridgehead atoms. The van der Waals surface area contributed by atoms with Gasteiger partial charge in [0, 0.05) is 7.05 Å². The van der Waals surface area contributed by atoms with E-state index >= 15 is 0 Å². The number of carbonyl (C=O) groups excluding carboxylic acids is 1. The molecule has 0 radical (unpaired) electrons. The highest BCUT2D eigenvalue weighted by molar-refractivity contribution is 6.30. The lowest BCUT2D eigenvalue weighted by molar-refractivity contribution is -0.129. The SMILES string of the molecule is CCc1cccc(OCCN(C)C(=O)C(C)Cl)c1. The molecule has 3 nitrogen and oxygen atoms in total. The van der Waals surface area contributed by atoms with Gasteiger partial charge in [0.2, 0.25) is 5.91 Å². The van der Waals surface area contributed by atoms with Crippen LogP contribution in [0.2, 0.25) is 0 Å². The van der Waals surface area contributed by atoms with Gasteiger partial charge in [-0.05, 0) is 31.0 Å². The van der Waals surface area contributed by atoms with Crippen LogP contribution in [0.4, 0.5) is 0 Å². The van der Waals surface area contributed by atoms with Crippen molar-refractivity contribution in [3.63, 3.8) is 0 Å². The van der Waals surface area contributed by atoms with Gasteiger partial charge in [-0.3, -0.25) is 4.79 Å². The first-order chi connectivity index (χ1) is 8.54. The van der Waals surface area contributed by atoms with Crippen molar-refractivity contribution < 1.29 is 9.53 Å². The van der Waals surface area contributed by atoms with Crippen molar-refractivity contribution in [3.05, 3.63) is 29.8 Å². The molecule has 0 saturated carbocycles. The second-order valence-corrected chi connectivity index (χ2v) is 4.88. The van der Waals surface area contributed by atoms with E-state index in [1.54, 1.807) is 18.9 Å². The Hall–Kier alpha value is -1.22. The molecule has 0 fully saturated rings. The fraction of sp³-hybridized carbons (Fsp3) is 0.500. The summed E-state index contributed by atoms with van der Waals surface area (Å²) in [4.78, 5) is 13.1. The van der Waals surface area contributed by atoms with E-state index in [0.717, 1.165) is 12.2 Å². The maximum absolute atomic E-state index is 11.5. The zero-order valence-corrected chi connectivity index (χ0v) is 11.9. The summed E-state index contributed by atoms with van der Waals surface area (Å²) in [7, 11) is 1.73. The summed E-state index contributed by atoms with van der Waals surface area (Å²) in [6.45, 7) is 4.78. The molecular formula is C14H20ClNO2. The van der Waals surface area contributed by atoms with E-state index in [1.807, 2.05) is 18.2 Å². The molecule has 0 spiro atoms. The minimum Gasteiger partial charge on any atom is -0.492 e. The minimum atomic E-state index is -0.488. The number of benzene rings is 1. The van der Waals surface area contributed by atoms with Gasteiger partial charge in [-0.25, -0.2) is 0 Å². The number of rotatable bonds is 6. The van der Waals surface area contributed by atoms with Gasteiger partial charge in [0.1, 0.15) is 17.7 Å². The number of alkyl halides is 1. The van der Waals surface area contributed by atoms with Gasteiger partial charge in [0.15, 0.2) is 0 Å². The first-order valence-corrected chi connectivity index (χ1v) is 6.59. The van der Waals surface area contributed by atoms with Gasteiger partial charge in [-0.1, -0.05) is 19.1 Å². The molecule has 0 aliphatic rings. The van der Waals surface area contributed by atoms with Crippen LogP contribution >= 0.6 is 11.6 Å². The van der Waals surface area contributed by atoms with E-state index in [9.17, 15) is 4.79 Å². The number of aryl methyl sites for hydroxylation is 1. The Morgan fingerprint density at radius 1 is 1.50 bits per heavy atom. The fourth-order valence-electron chi connectivity index (χ4n) is 1.57. The summed E-state index contributed by atoms with van der Waals surface area (Å²) in [5.74, 6) is 0.761. The summed E-state index contributed by atoms with van der Waals surface area (Å²) >= 11 is 5.73. The zero-order valence-electron chi connectivity index (χ0n) is 11.1. The van der Waals surface area contributed by atoms with Crippen LogP contribution in [-0.2, 0) is 11.2 Å². The Bertz CT molecular complexity index is 393. The highest BCUT2D eigenvalue weighted by Crippen LogP contribution is 2.13. The number of nitrogens with zero attached hydrogens (tertiary/aromatic N) is 1. The van der Waals surface area contributed by atoms with Gasteiger partial charge < -0.3 is 9.64 Å². The molecular weight excluding hydrogens is 250 g/mol. The number of carbonyl (C=O) groups is 1. The van der Waals surface area contributed by atoms with Gasteiger partial charge in [0.25, 0.3) is 0 Å². The van der Waals surface area contributed by atoms with Crippen molar-refractivity contribution in [2.24, 2.45) is 0 Å². The van der Waals surface area contributed by atoms with E-state index in [1.165, 1.54) is 5.56 Å². The molecule has 0 heterocycles. The average molecular weight is 270 g/mol. The summed E-state index contributed by atoms with van der Waals surface area (Å²) < 4.78 is 5.61. The van der Waals surface area contributed by atoms with Crippen molar-refractivity contribution in [1.29, 1.82) is 0 Å². The summed E-state index contributed by atoms with van der Waals surface area (Å²) in [5.41, 5.74) is 1.24. The third-order valence-corrected chi connectivity index (χ3v) is 2.91. The van der Waals surface area contributed by atoms with E-state index in [-0.39, 0.29) is 5.91 Å². The maximum Gasteiger partial charge on any atom is 0.240 e. The topological polar surface area (TPSA) is 29.5 Å². The number of hydrogen-bond acceptors (Lipinski definition) is 2. The second kappa shape index (κ2) is 7.27. The second-order valence-electron chi connectivity index (χ2n) is 4.23. The molecule has 0 saturated heterocycles. The maximum atomic E-state index is 11.5. The van der Waals surface area contributed by atoms with Crippen molar-refractivity contribution >= 4 is 17.5 Å². The predicted octanol–water partition coefficient (Wildman–Crippen LogP) is 2.71. The Morgan fingerprint density at radius 3 is 2.83 bits per heavy atom. The Labute approximate surface area is 114 Å². The molecule has 1 aromatic carbocycles. The van der Waals surface area contributed by atoms with Crippen LogP contribution in [0.5, 0.6) is 5.75 Å². The lowest BCUT2D eigenvalue weighted by atomic mass is 10.2. The Morgan fingerprint density at radius 2 is 2.22 bits per heavy atom. The predicted molar refractivity (Wildman–Crippen MR) is 74.3 cm³/mol. The largest absolute Gasteiger partial charge is 0.492 e. The van der Waals surface area contributed by atoms with E-state index < -0.39 is 5.38 Å². The van der Waals surface area contributed by atoms with Crippen LogP contribution < -0.4 is 4.74 Å². The normalized spacial score (nSPS) is 12.0. The molecule has 1 aromatic rings. The molecule has 1 unspecified atom stereocenters. The first kappa shape index (κ1) is 14.8. The highest BCUT2D eigenvalue weighted by Gasteiger charge is 2.14. The Kier molecular flexibility index (Phi) is 5.99. The molecule has 100 valence electrons. The van der Waals surface area contributed by atoms with E-state index in [2.05, 4.69) is 13.0 Å². The van der Waals surface area contributed by atoms with Crippen LogP contribution in [0, 0.1) is 0 Å². The van der Waals surface area contributed by atoms with Gasteiger partial charge in [-0.15, -0.1) is 11.6 Å². The number of hydrogen-bond donors (Lipinski definition) is 0. The standard InChI is InChI=1S/C14H20ClNO2/c1-4-12-6-5-7-13(10-12)18-9-8-16(3)14(17)11(2)15/h5-7,10-11H,4,8-9H2,1-3H3. The molecule has 1 atom stereocenters. The number of amides is 1. The molecule has 0 aromatic heterocycles. The van der Waals surface area contributed by atoms with E-state index in [0.29, 0.717) is 13.2 Å². The Balaban J connectivity index is 2.39. The molecule has 1 rings (SSSR count). The highest BCUT2D eigenvalue weighted by atomic mass is 35.5. The van der Waals surface area contributed by atoms with Crippen molar-refractivity contribution in [2.45, 2.75) is 25.6 Å². The van der Waals surface area contributed by atoms with Crippen LogP contribution in [0.15, 0.2) is 24.3 Å². The van der Waals surface area contributed by atoms with Gasteiger partial charge in [-0.2, -0.15) is 0 Å². The third kappa shape index (κ3) is 4.57. The molecule has 0 N–H and O–H groups in total. The minimum absolute atomic E-state index is 0.0809. The van der Waals surface area contributed by atoms with Crippen molar-refractivity contribution in [2.75, 3.05) is 20.2 Å². The lowest BCUT2D eigenvalue weighted by Crippen LogP contribution is -2.35. The van der Waals surface area contributed by atoms with Crippen LogP contribution in [0.1, 0.15) is 19.4 Å². The summed E-state index contributed by atoms with van der Waals surface area (Å²) in [6, 6.07) is 7.98. The first-order valence-electron chi connectivity index (χ1n) is 6.15. The number of halogens is 1. The molecule has 0 aliphatic heterocycles. The van der Waals surface area contributed by atoms with Gasteiger partial charge in [0.05, 0.1) is 6.54 Å². The summed E-state index contributed by atoms with van der Waals surface area (Å²) in [5, 5.41) is -0.488. The van der Waals surface area contributed by atoms with Crippen molar-refractivity contribution in [3.8, 4) is 5.75 Å². The fourth-order valence-corrected chi connectivity index (χ4v) is 1.74. The quantitative estimate of drug-likeness (QED) is 0.743. The molecule has 1 amide bonds. The van der Waals surface area contributed by atoms with Crippen molar-refractivity contribution in [1.82, 2.24) is 4.90 Å². The van der Waals surface area contributed by atoms with Crippen LogP contribution in [-0.4, -0.2) is 36.4 Å². The van der Waals surface area contributed by atoms with E-state index in [4.69, 9.17) is 16.3 Å². The zero-order chi connectivity index (χ0) is 13.5.